The number of urea groups is 1. The summed E-state index contributed by atoms with van der Waals surface area (Å²) in [5, 5.41) is 3.21. The summed E-state index contributed by atoms with van der Waals surface area (Å²) >= 11 is 0. The molecule has 0 aromatic heterocycles. The van der Waals surface area contributed by atoms with Crippen molar-refractivity contribution in [2.45, 2.75) is 114 Å². The van der Waals surface area contributed by atoms with Crippen molar-refractivity contribution in [2.75, 3.05) is 26.3 Å². The molecule has 4 atom stereocenters. The number of benzene rings is 1. The van der Waals surface area contributed by atoms with Crippen molar-refractivity contribution in [1.29, 1.82) is 0 Å². The highest BCUT2D eigenvalue weighted by Crippen LogP contribution is 2.48. The van der Waals surface area contributed by atoms with E-state index in [1.54, 1.807) is 0 Å². The quantitative estimate of drug-likeness (QED) is 0.398. The van der Waals surface area contributed by atoms with Crippen molar-refractivity contribution in [1.82, 2.24) is 20.0 Å². The summed E-state index contributed by atoms with van der Waals surface area (Å²) in [7, 11) is 0. The third kappa shape index (κ3) is 5.93. The first kappa shape index (κ1) is 30.4. The predicted octanol–water partition coefficient (Wildman–Crippen LogP) is 5.13. The zero-order valence-electron chi connectivity index (χ0n) is 25.5. The smallest absolute Gasteiger partial charge is 0.327 e. The van der Waals surface area contributed by atoms with E-state index in [4.69, 9.17) is 4.74 Å². The number of hydrogen-bond acceptors (Lipinski definition) is 5. The maximum atomic E-state index is 14.1. The average Bonchev–Trinajstić information content (AvgIpc) is 3.63. The Morgan fingerprint density at radius 2 is 1.70 bits per heavy atom. The molecule has 1 aromatic rings. The Morgan fingerprint density at radius 3 is 2.30 bits per heavy atom. The molecule has 1 saturated carbocycles. The molecule has 5 aliphatic rings. The number of alkyl halides is 2. The van der Waals surface area contributed by atoms with Crippen LogP contribution in [-0.2, 0) is 14.3 Å². The highest BCUT2D eigenvalue weighted by atomic mass is 19.3. The molecule has 1 aromatic carbocycles. The van der Waals surface area contributed by atoms with Gasteiger partial charge >= 0.3 is 6.03 Å². The fraction of sp³-hybridized carbons (Fsp3) is 0.727. The Morgan fingerprint density at radius 1 is 1.02 bits per heavy atom. The number of nitrogens with one attached hydrogen (secondary N) is 1. The van der Waals surface area contributed by atoms with Crippen LogP contribution in [0.5, 0.6) is 0 Å². The maximum Gasteiger partial charge on any atom is 0.327 e. The number of carbonyl (C=O) groups excluding carboxylic acids is 3. The summed E-state index contributed by atoms with van der Waals surface area (Å²) in [6, 6.07) is 9.76. The molecule has 4 aliphatic heterocycles. The van der Waals surface area contributed by atoms with Gasteiger partial charge in [0.1, 0.15) is 5.54 Å². The summed E-state index contributed by atoms with van der Waals surface area (Å²) < 4.78 is 33.0. The van der Waals surface area contributed by atoms with E-state index in [1.165, 1.54) is 4.90 Å². The fourth-order valence-electron chi connectivity index (χ4n) is 8.55. The lowest BCUT2D eigenvalue weighted by Gasteiger charge is -2.48. The van der Waals surface area contributed by atoms with Gasteiger partial charge in [0, 0.05) is 62.5 Å². The van der Waals surface area contributed by atoms with E-state index >= 15 is 0 Å². The third-order valence-corrected chi connectivity index (χ3v) is 10.7. The van der Waals surface area contributed by atoms with Crippen LogP contribution < -0.4 is 5.32 Å². The van der Waals surface area contributed by atoms with Crippen LogP contribution in [0.15, 0.2) is 30.3 Å². The van der Waals surface area contributed by atoms with E-state index in [9.17, 15) is 23.2 Å². The van der Waals surface area contributed by atoms with Gasteiger partial charge in [-0.25, -0.2) is 13.6 Å². The van der Waals surface area contributed by atoms with E-state index in [-0.39, 0.29) is 79.5 Å². The average molecular weight is 601 g/mol. The highest BCUT2D eigenvalue weighted by molar-refractivity contribution is 6.07. The number of nitrogens with zero attached hydrogens (tertiary/aromatic N) is 3. The van der Waals surface area contributed by atoms with Crippen LogP contribution in [0.4, 0.5) is 13.6 Å². The molecular formula is C33H46F2N4O4. The number of fused-ring (bicyclic) bond motifs is 2. The number of rotatable bonds is 9. The fourth-order valence-corrected chi connectivity index (χ4v) is 8.55. The summed E-state index contributed by atoms with van der Waals surface area (Å²) in [5.74, 6) is -3.03. The van der Waals surface area contributed by atoms with Crippen LogP contribution in [0.25, 0.3) is 0 Å². The maximum absolute atomic E-state index is 14.1. The molecule has 3 unspecified atom stereocenters. The molecule has 10 heteroatoms. The molecule has 43 heavy (non-hydrogen) atoms. The van der Waals surface area contributed by atoms with Crippen LogP contribution in [0.2, 0.25) is 0 Å². The molecule has 6 rings (SSSR count). The molecule has 1 N–H and O–H groups in total. The Kier molecular flexibility index (Phi) is 8.54. The molecule has 4 heterocycles. The molecule has 8 nitrogen and oxygen atoms in total. The zero-order chi connectivity index (χ0) is 30.4. The molecule has 4 saturated heterocycles. The van der Waals surface area contributed by atoms with E-state index in [0.29, 0.717) is 39.0 Å². The topological polar surface area (TPSA) is 82.2 Å². The number of imide groups is 1. The van der Waals surface area contributed by atoms with Crippen LogP contribution in [-0.4, -0.2) is 88.4 Å². The van der Waals surface area contributed by atoms with Crippen molar-refractivity contribution in [3.8, 4) is 0 Å². The standard InChI is InChI=1S/C33H46F2N4O4/c1-22(2)39-31(42)38(20-23-13-17-43-21-23)30(41)32(39)18-26-8-9-27(19-32)37(26)16-12-28(24-6-4-3-5-7-24)36-29(40)25-10-14-33(34,35)15-11-25/h3-7,22-23,25-28H,8-21H2,1-2H3,(H,36,40)/t23?,26?,27?,28-,32?/m0/s1. The van der Waals surface area contributed by atoms with E-state index in [0.717, 1.165) is 31.4 Å². The van der Waals surface area contributed by atoms with Gasteiger partial charge in [0.15, 0.2) is 0 Å². The van der Waals surface area contributed by atoms with Gasteiger partial charge in [0.2, 0.25) is 11.8 Å². The predicted molar refractivity (Wildman–Crippen MR) is 157 cm³/mol. The number of piperidine rings is 1. The van der Waals surface area contributed by atoms with E-state index in [1.807, 2.05) is 49.1 Å². The monoisotopic (exact) mass is 600 g/mol. The molecule has 0 radical (unpaired) electrons. The van der Waals surface area contributed by atoms with Gasteiger partial charge < -0.3 is 15.0 Å². The van der Waals surface area contributed by atoms with Gasteiger partial charge in [-0.2, -0.15) is 0 Å². The molecular weight excluding hydrogens is 554 g/mol. The lowest BCUT2D eigenvalue weighted by Crippen LogP contribution is -2.61. The van der Waals surface area contributed by atoms with E-state index in [2.05, 4.69) is 10.2 Å². The number of amides is 4. The second kappa shape index (κ2) is 12.1. The Balaban J connectivity index is 1.14. The summed E-state index contributed by atoms with van der Waals surface area (Å²) in [6.45, 7) is 6.46. The van der Waals surface area contributed by atoms with Gasteiger partial charge in [0.05, 0.1) is 12.6 Å². The Hall–Kier alpha value is -2.59. The molecule has 1 aliphatic carbocycles. The molecule has 236 valence electrons. The van der Waals surface area contributed by atoms with Crippen LogP contribution >= 0.6 is 0 Å². The molecule has 1 spiro atoms. The SMILES string of the molecule is CC(C)N1C(=O)N(CC2CCOC2)C(=O)C12CC1CCC(C2)N1CC[C@H](NC(=O)C1CCC(F)(F)CC1)c1ccccc1. The third-order valence-electron chi connectivity index (χ3n) is 10.7. The van der Waals surface area contributed by atoms with Gasteiger partial charge in [-0.1, -0.05) is 30.3 Å². The summed E-state index contributed by atoms with van der Waals surface area (Å²) in [6.07, 6.45) is 4.73. The van der Waals surface area contributed by atoms with Gasteiger partial charge in [-0.3, -0.25) is 19.4 Å². The Bertz CT molecular complexity index is 1170. The largest absolute Gasteiger partial charge is 0.381 e. The first-order chi connectivity index (χ1) is 20.6. The zero-order valence-corrected chi connectivity index (χ0v) is 25.5. The summed E-state index contributed by atoms with van der Waals surface area (Å²) in [4.78, 5) is 46.9. The van der Waals surface area contributed by atoms with Crippen molar-refractivity contribution in [3.05, 3.63) is 35.9 Å². The normalized spacial score (nSPS) is 31.9. The van der Waals surface area contributed by atoms with E-state index < -0.39 is 11.5 Å². The molecule has 2 bridgehead atoms. The van der Waals surface area contributed by atoms with Crippen LogP contribution in [0, 0.1) is 11.8 Å². The minimum atomic E-state index is -2.67. The van der Waals surface area contributed by atoms with Gasteiger partial charge in [0.25, 0.3) is 5.91 Å². The highest BCUT2D eigenvalue weighted by Gasteiger charge is 2.63. The van der Waals surface area contributed by atoms with Crippen molar-refractivity contribution in [3.63, 3.8) is 0 Å². The van der Waals surface area contributed by atoms with Gasteiger partial charge in [-0.05, 0) is 70.8 Å². The van der Waals surface area contributed by atoms with Crippen LogP contribution in [0.1, 0.15) is 89.7 Å². The van der Waals surface area contributed by atoms with Crippen molar-refractivity contribution >= 4 is 17.8 Å². The first-order valence-electron chi connectivity index (χ1n) is 16.3. The Labute approximate surface area is 253 Å². The minimum absolute atomic E-state index is 0.0397. The van der Waals surface area contributed by atoms with Gasteiger partial charge in [-0.15, -0.1) is 0 Å². The number of ether oxygens (including phenoxy) is 1. The number of carbonyl (C=O) groups is 3. The minimum Gasteiger partial charge on any atom is -0.381 e. The molecule has 4 amide bonds. The lowest BCUT2D eigenvalue weighted by molar-refractivity contribution is -0.138. The second-order valence-electron chi connectivity index (χ2n) is 13.8. The second-order valence-corrected chi connectivity index (χ2v) is 13.8. The summed E-state index contributed by atoms with van der Waals surface area (Å²) in [5.41, 5.74) is 0.204. The number of halogens is 2. The van der Waals surface area contributed by atoms with Crippen molar-refractivity contribution < 1.29 is 27.9 Å². The number of hydrogen-bond donors (Lipinski definition) is 1. The van der Waals surface area contributed by atoms with Crippen molar-refractivity contribution in [2.24, 2.45) is 11.8 Å². The van der Waals surface area contributed by atoms with Crippen LogP contribution in [0.3, 0.4) is 0 Å². The lowest BCUT2D eigenvalue weighted by atomic mass is 9.80. The first-order valence-corrected chi connectivity index (χ1v) is 16.3. The molecule has 5 fully saturated rings.